The highest BCUT2D eigenvalue weighted by Gasteiger charge is 2.33. The summed E-state index contributed by atoms with van der Waals surface area (Å²) in [6.45, 7) is 0.818. The summed E-state index contributed by atoms with van der Waals surface area (Å²) in [4.78, 5) is 16.7. The standard InChI is InChI=1S/C12H13ClF3N3O2/c1-21-11(20)17-8-2-3-19(6-8)10-5-7(12(14,15)16)4-9(13)18-10/h4-5,8H,2-3,6H2,1H3,(H,17,20). The highest BCUT2D eigenvalue weighted by atomic mass is 35.5. The van der Waals surface area contributed by atoms with Gasteiger partial charge in [-0.1, -0.05) is 11.6 Å². The minimum atomic E-state index is -4.48. The molecule has 2 rings (SSSR count). The second kappa shape index (κ2) is 5.97. The first kappa shape index (κ1) is 15.7. The number of ether oxygens (including phenoxy) is 1. The normalized spacial score (nSPS) is 18.7. The molecule has 1 saturated heterocycles. The molecule has 0 radical (unpaired) electrons. The average molecular weight is 324 g/mol. The lowest BCUT2D eigenvalue weighted by Gasteiger charge is -2.19. The van der Waals surface area contributed by atoms with Gasteiger partial charge in [-0.3, -0.25) is 0 Å². The van der Waals surface area contributed by atoms with Crippen LogP contribution in [0.1, 0.15) is 12.0 Å². The number of pyridine rings is 1. The first-order chi connectivity index (χ1) is 9.79. The van der Waals surface area contributed by atoms with Crippen molar-refractivity contribution >= 4 is 23.5 Å². The SMILES string of the molecule is COC(=O)NC1CCN(c2cc(C(F)(F)F)cc(Cl)n2)C1. The Bertz CT molecular complexity index is 539. The van der Waals surface area contributed by atoms with Crippen molar-refractivity contribution in [2.75, 3.05) is 25.1 Å². The van der Waals surface area contributed by atoms with Gasteiger partial charge in [-0.05, 0) is 18.6 Å². The van der Waals surface area contributed by atoms with E-state index in [-0.39, 0.29) is 17.0 Å². The van der Waals surface area contributed by atoms with Crippen LogP contribution < -0.4 is 10.2 Å². The van der Waals surface area contributed by atoms with E-state index in [1.54, 1.807) is 4.90 Å². The van der Waals surface area contributed by atoms with Gasteiger partial charge in [0.25, 0.3) is 0 Å². The van der Waals surface area contributed by atoms with Crippen LogP contribution in [-0.4, -0.2) is 37.3 Å². The number of nitrogens with zero attached hydrogens (tertiary/aromatic N) is 2. The van der Waals surface area contributed by atoms with Crippen molar-refractivity contribution in [3.05, 3.63) is 22.8 Å². The van der Waals surface area contributed by atoms with Crippen LogP contribution in [0, 0.1) is 0 Å². The summed E-state index contributed by atoms with van der Waals surface area (Å²) >= 11 is 5.65. The van der Waals surface area contributed by atoms with Gasteiger partial charge in [0, 0.05) is 13.1 Å². The lowest BCUT2D eigenvalue weighted by molar-refractivity contribution is -0.137. The Morgan fingerprint density at radius 1 is 1.52 bits per heavy atom. The largest absolute Gasteiger partial charge is 0.453 e. The Morgan fingerprint density at radius 3 is 2.86 bits per heavy atom. The van der Waals surface area contributed by atoms with Crippen molar-refractivity contribution in [3.63, 3.8) is 0 Å². The van der Waals surface area contributed by atoms with Gasteiger partial charge in [0.15, 0.2) is 0 Å². The molecule has 116 valence electrons. The summed E-state index contributed by atoms with van der Waals surface area (Å²) in [5, 5.41) is 2.38. The van der Waals surface area contributed by atoms with E-state index in [4.69, 9.17) is 11.6 Å². The summed E-state index contributed by atoms with van der Waals surface area (Å²) in [6.07, 6.45) is -4.47. The fourth-order valence-corrected chi connectivity index (χ4v) is 2.32. The molecule has 9 heteroatoms. The zero-order valence-electron chi connectivity index (χ0n) is 11.1. The van der Waals surface area contributed by atoms with Crippen LogP contribution in [0.3, 0.4) is 0 Å². The smallest absolute Gasteiger partial charge is 0.416 e. The van der Waals surface area contributed by atoms with Crippen LogP contribution in [0.4, 0.5) is 23.8 Å². The molecule has 1 N–H and O–H groups in total. The van der Waals surface area contributed by atoms with E-state index in [2.05, 4.69) is 15.0 Å². The fourth-order valence-electron chi connectivity index (χ4n) is 2.12. The molecule has 1 unspecified atom stereocenters. The predicted octanol–water partition coefficient (Wildman–Crippen LogP) is 2.69. The number of methoxy groups -OCH3 is 1. The fraction of sp³-hybridized carbons (Fsp3) is 0.500. The zero-order valence-corrected chi connectivity index (χ0v) is 11.8. The van der Waals surface area contributed by atoms with Crippen LogP contribution >= 0.6 is 11.6 Å². The van der Waals surface area contributed by atoms with Crippen LogP contribution in [-0.2, 0) is 10.9 Å². The predicted molar refractivity (Wildman–Crippen MR) is 70.4 cm³/mol. The van der Waals surface area contributed by atoms with Crippen LogP contribution in [0.5, 0.6) is 0 Å². The molecule has 1 aliphatic rings. The molecule has 1 fully saturated rings. The van der Waals surface area contributed by atoms with Gasteiger partial charge in [-0.15, -0.1) is 0 Å². The number of anilines is 1. The quantitative estimate of drug-likeness (QED) is 0.850. The lowest BCUT2D eigenvalue weighted by atomic mass is 10.2. The average Bonchev–Trinajstić information content (AvgIpc) is 2.85. The first-order valence-corrected chi connectivity index (χ1v) is 6.51. The Labute approximate surface area is 124 Å². The number of rotatable bonds is 2. The number of amides is 1. The Hall–Kier alpha value is -1.70. The van der Waals surface area contributed by atoms with Gasteiger partial charge >= 0.3 is 12.3 Å². The molecular weight excluding hydrogens is 311 g/mol. The van der Waals surface area contributed by atoms with Crippen molar-refractivity contribution in [2.45, 2.75) is 18.6 Å². The van der Waals surface area contributed by atoms with Crippen molar-refractivity contribution in [1.82, 2.24) is 10.3 Å². The van der Waals surface area contributed by atoms with E-state index in [1.807, 2.05) is 0 Å². The Morgan fingerprint density at radius 2 is 2.24 bits per heavy atom. The minimum absolute atomic E-state index is 0.143. The number of halogens is 4. The number of carbonyl (C=O) groups excluding carboxylic acids is 1. The molecule has 0 bridgehead atoms. The summed E-state index contributed by atoms with van der Waals surface area (Å²) in [5.41, 5.74) is -0.845. The number of carbonyl (C=O) groups is 1. The number of hydrogen-bond acceptors (Lipinski definition) is 4. The van der Waals surface area contributed by atoms with Crippen molar-refractivity contribution in [3.8, 4) is 0 Å². The zero-order chi connectivity index (χ0) is 15.6. The monoisotopic (exact) mass is 323 g/mol. The number of nitrogens with one attached hydrogen (secondary N) is 1. The van der Waals surface area contributed by atoms with E-state index in [1.165, 1.54) is 7.11 Å². The maximum absolute atomic E-state index is 12.8. The summed E-state index contributed by atoms with van der Waals surface area (Å²) < 4.78 is 42.7. The van der Waals surface area contributed by atoms with Crippen LogP contribution in [0.25, 0.3) is 0 Å². The van der Waals surface area contributed by atoms with E-state index >= 15 is 0 Å². The molecule has 1 aliphatic heterocycles. The first-order valence-electron chi connectivity index (χ1n) is 6.14. The van der Waals surface area contributed by atoms with Gasteiger partial charge in [-0.2, -0.15) is 13.2 Å². The molecule has 0 aliphatic carbocycles. The number of alkyl carbamates (subject to hydrolysis) is 1. The summed E-state index contributed by atoms with van der Waals surface area (Å²) in [7, 11) is 1.25. The Kier molecular flexibility index (Phi) is 4.46. The molecule has 1 aromatic rings. The number of alkyl halides is 3. The summed E-state index contributed by atoms with van der Waals surface area (Å²) in [5.74, 6) is 0.143. The van der Waals surface area contributed by atoms with Crippen molar-refractivity contribution in [2.24, 2.45) is 0 Å². The molecule has 5 nitrogen and oxygen atoms in total. The molecule has 0 spiro atoms. The molecule has 1 atom stereocenters. The van der Waals surface area contributed by atoms with E-state index < -0.39 is 17.8 Å². The minimum Gasteiger partial charge on any atom is -0.453 e. The third-order valence-corrected chi connectivity index (χ3v) is 3.32. The van der Waals surface area contributed by atoms with Gasteiger partial charge in [0.05, 0.1) is 18.7 Å². The molecule has 1 amide bonds. The molecule has 0 saturated carbocycles. The number of hydrogen-bond donors (Lipinski definition) is 1. The van der Waals surface area contributed by atoms with Crippen LogP contribution in [0.2, 0.25) is 5.15 Å². The third-order valence-electron chi connectivity index (χ3n) is 3.13. The topological polar surface area (TPSA) is 54.5 Å². The third kappa shape index (κ3) is 3.90. The molecule has 21 heavy (non-hydrogen) atoms. The van der Waals surface area contributed by atoms with Crippen molar-refractivity contribution in [1.29, 1.82) is 0 Å². The van der Waals surface area contributed by atoms with Gasteiger partial charge < -0.3 is 15.0 Å². The van der Waals surface area contributed by atoms with Gasteiger partial charge in [-0.25, -0.2) is 9.78 Å². The molecular formula is C12H13ClF3N3O2. The van der Waals surface area contributed by atoms with Crippen LogP contribution in [0.15, 0.2) is 12.1 Å². The second-order valence-electron chi connectivity index (χ2n) is 4.60. The second-order valence-corrected chi connectivity index (χ2v) is 4.99. The van der Waals surface area contributed by atoms with Gasteiger partial charge in [0.2, 0.25) is 0 Å². The van der Waals surface area contributed by atoms with E-state index in [9.17, 15) is 18.0 Å². The molecule has 1 aromatic heterocycles. The Balaban J connectivity index is 2.13. The maximum atomic E-state index is 12.8. The highest BCUT2D eigenvalue weighted by Crippen LogP contribution is 2.33. The highest BCUT2D eigenvalue weighted by molar-refractivity contribution is 6.29. The van der Waals surface area contributed by atoms with E-state index in [0.29, 0.717) is 19.5 Å². The lowest BCUT2D eigenvalue weighted by Crippen LogP contribution is -2.37. The van der Waals surface area contributed by atoms with Crippen molar-refractivity contribution < 1.29 is 22.7 Å². The molecule has 2 heterocycles. The maximum Gasteiger partial charge on any atom is 0.416 e. The van der Waals surface area contributed by atoms with E-state index in [0.717, 1.165) is 12.1 Å². The van der Waals surface area contributed by atoms with Gasteiger partial charge in [0.1, 0.15) is 11.0 Å². The number of aromatic nitrogens is 1. The summed E-state index contributed by atoms with van der Waals surface area (Å²) in [6, 6.07) is 1.53. The molecule has 0 aromatic carbocycles.